The molecular weight excluding hydrogens is 369 g/mol. The van der Waals surface area contributed by atoms with Gasteiger partial charge in [0.1, 0.15) is 0 Å². The van der Waals surface area contributed by atoms with Gasteiger partial charge in [0.2, 0.25) is 5.76 Å². The maximum Gasteiger partial charge on any atom is 0.374 e. The molecule has 106 valence electrons. The standard InChI is InChI=1S/C13H10BrCl2NO3/c1-19-13(18)12-7(2-3-20-12)6-17-11-9(15)4-8(14)5-10(11)16/h2-5,17H,6H2,1H3. The average Bonchev–Trinajstić information content (AvgIpc) is 2.85. The molecule has 0 bridgehead atoms. The Morgan fingerprint density at radius 1 is 1.40 bits per heavy atom. The summed E-state index contributed by atoms with van der Waals surface area (Å²) in [5.74, 6) is -0.371. The molecule has 0 amide bonds. The van der Waals surface area contributed by atoms with Crippen LogP contribution >= 0.6 is 39.1 Å². The van der Waals surface area contributed by atoms with Gasteiger partial charge in [-0.15, -0.1) is 0 Å². The number of esters is 1. The molecule has 0 unspecified atom stereocenters. The summed E-state index contributed by atoms with van der Waals surface area (Å²) >= 11 is 15.5. The molecule has 0 fully saturated rings. The van der Waals surface area contributed by atoms with Crippen molar-refractivity contribution in [2.24, 2.45) is 0 Å². The van der Waals surface area contributed by atoms with Crippen molar-refractivity contribution in [3.05, 3.63) is 50.3 Å². The molecule has 0 saturated heterocycles. The highest BCUT2D eigenvalue weighted by Gasteiger charge is 2.16. The molecule has 0 spiro atoms. The zero-order valence-electron chi connectivity index (χ0n) is 10.4. The van der Waals surface area contributed by atoms with Crippen molar-refractivity contribution in [3.8, 4) is 0 Å². The van der Waals surface area contributed by atoms with E-state index in [0.29, 0.717) is 27.8 Å². The first-order chi connectivity index (χ1) is 9.52. The Kier molecular flexibility index (Phi) is 4.96. The molecule has 1 aromatic carbocycles. The zero-order valence-corrected chi connectivity index (χ0v) is 13.5. The van der Waals surface area contributed by atoms with Gasteiger partial charge in [-0.2, -0.15) is 0 Å². The molecular formula is C13H10BrCl2NO3. The van der Waals surface area contributed by atoms with Crippen LogP contribution in [0.15, 0.2) is 33.4 Å². The Balaban J connectivity index is 2.18. The van der Waals surface area contributed by atoms with Crippen LogP contribution in [0.5, 0.6) is 0 Å². The predicted octanol–water partition coefficient (Wildman–Crippen LogP) is 4.75. The third kappa shape index (κ3) is 3.29. The maximum absolute atomic E-state index is 11.5. The number of carbonyl (C=O) groups excluding carboxylic acids is 1. The van der Waals surface area contributed by atoms with Crippen LogP contribution in [0.3, 0.4) is 0 Å². The van der Waals surface area contributed by atoms with Crippen LogP contribution in [0.2, 0.25) is 10.0 Å². The highest BCUT2D eigenvalue weighted by Crippen LogP contribution is 2.34. The van der Waals surface area contributed by atoms with E-state index in [1.54, 1.807) is 18.2 Å². The molecule has 0 atom stereocenters. The van der Waals surface area contributed by atoms with E-state index in [-0.39, 0.29) is 5.76 Å². The van der Waals surface area contributed by atoms with Crippen LogP contribution in [-0.2, 0) is 11.3 Å². The quantitative estimate of drug-likeness (QED) is 0.780. The fourth-order valence-corrected chi connectivity index (χ4v) is 2.98. The largest absolute Gasteiger partial charge is 0.463 e. The molecule has 4 nitrogen and oxygen atoms in total. The first-order valence-electron chi connectivity index (χ1n) is 5.56. The molecule has 1 aromatic heterocycles. The van der Waals surface area contributed by atoms with E-state index in [4.69, 9.17) is 27.6 Å². The predicted molar refractivity (Wildman–Crippen MR) is 81.5 cm³/mol. The Hall–Kier alpha value is -1.17. The molecule has 2 rings (SSSR count). The third-order valence-corrected chi connectivity index (χ3v) is 3.63. The van der Waals surface area contributed by atoms with Crippen LogP contribution < -0.4 is 5.32 Å². The molecule has 7 heteroatoms. The Morgan fingerprint density at radius 2 is 2.05 bits per heavy atom. The van der Waals surface area contributed by atoms with Crippen LogP contribution in [0.4, 0.5) is 5.69 Å². The van der Waals surface area contributed by atoms with Gasteiger partial charge in [0.25, 0.3) is 0 Å². The third-order valence-electron chi connectivity index (χ3n) is 2.58. The second-order valence-corrected chi connectivity index (χ2v) is 5.59. The van der Waals surface area contributed by atoms with E-state index >= 15 is 0 Å². The summed E-state index contributed by atoms with van der Waals surface area (Å²) in [6.45, 7) is 0.335. The minimum absolute atomic E-state index is 0.157. The van der Waals surface area contributed by atoms with Crippen molar-refractivity contribution in [1.82, 2.24) is 0 Å². The number of carbonyl (C=O) groups is 1. The second kappa shape index (κ2) is 6.52. The van der Waals surface area contributed by atoms with E-state index < -0.39 is 5.97 Å². The Labute approximate surface area is 134 Å². The lowest BCUT2D eigenvalue weighted by Crippen LogP contribution is -2.07. The first kappa shape index (κ1) is 15.2. The minimum atomic E-state index is -0.528. The summed E-state index contributed by atoms with van der Waals surface area (Å²) in [6.07, 6.45) is 1.42. The summed E-state index contributed by atoms with van der Waals surface area (Å²) in [5.41, 5.74) is 1.25. The molecule has 2 aromatic rings. The van der Waals surface area contributed by atoms with E-state index in [1.165, 1.54) is 13.4 Å². The van der Waals surface area contributed by atoms with Gasteiger partial charge >= 0.3 is 5.97 Å². The van der Waals surface area contributed by atoms with Gasteiger partial charge in [0, 0.05) is 16.6 Å². The first-order valence-corrected chi connectivity index (χ1v) is 7.11. The fraction of sp³-hybridized carbons (Fsp3) is 0.154. The van der Waals surface area contributed by atoms with Crippen molar-refractivity contribution in [2.75, 3.05) is 12.4 Å². The van der Waals surface area contributed by atoms with Crippen molar-refractivity contribution < 1.29 is 13.9 Å². The highest BCUT2D eigenvalue weighted by atomic mass is 79.9. The summed E-state index contributed by atoms with van der Waals surface area (Å²) < 4.78 is 10.5. The second-order valence-electron chi connectivity index (χ2n) is 3.86. The number of anilines is 1. The summed E-state index contributed by atoms with van der Waals surface area (Å²) in [5, 5.41) is 4.04. The van der Waals surface area contributed by atoms with Crippen molar-refractivity contribution >= 4 is 50.8 Å². The average molecular weight is 379 g/mol. The molecule has 20 heavy (non-hydrogen) atoms. The molecule has 0 aliphatic heterocycles. The molecule has 1 N–H and O–H groups in total. The topological polar surface area (TPSA) is 51.5 Å². The van der Waals surface area contributed by atoms with Crippen LogP contribution in [0, 0.1) is 0 Å². The molecule has 0 saturated carbocycles. The van der Waals surface area contributed by atoms with E-state index in [1.807, 2.05) is 0 Å². The van der Waals surface area contributed by atoms with Gasteiger partial charge in [-0.25, -0.2) is 4.79 Å². The zero-order chi connectivity index (χ0) is 14.7. The van der Waals surface area contributed by atoms with Gasteiger partial charge in [-0.3, -0.25) is 0 Å². The monoisotopic (exact) mass is 377 g/mol. The number of halogens is 3. The van der Waals surface area contributed by atoms with Gasteiger partial charge < -0.3 is 14.5 Å². The van der Waals surface area contributed by atoms with Crippen molar-refractivity contribution in [1.29, 1.82) is 0 Å². The lowest BCUT2D eigenvalue weighted by molar-refractivity contribution is 0.0563. The lowest BCUT2D eigenvalue weighted by atomic mass is 10.2. The summed E-state index contributed by atoms with van der Waals surface area (Å²) in [4.78, 5) is 11.5. The molecule has 1 heterocycles. The van der Waals surface area contributed by atoms with Crippen molar-refractivity contribution in [2.45, 2.75) is 6.54 Å². The number of ether oxygens (including phenoxy) is 1. The van der Waals surface area contributed by atoms with Crippen LogP contribution in [0.1, 0.15) is 16.1 Å². The van der Waals surface area contributed by atoms with Crippen LogP contribution in [0.25, 0.3) is 0 Å². The number of rotatable bonds is 4. The van der Waals surface area contributed by atoms with Gasteiger partial charge in [-0.1, -0.05) is 39.1 Å². The summed E-state index contributed by atoms with van der Waals surface area (Å²) in [7, 11) is 1.30. The number of benzene rings is 1. The molecule has 0 aliphatic rings. The number of hydrogen-bond acceptors (Lipinski definition) is 4. The van der Waals surface area contributed by atoms with Gasteiger partial charge in [-0.05, 0) is 18.2 Å². The van der Waals surface area contributed by atoms with E-state index in [0.717, 1.165) is 4.47 Å². The SMILES string of the molecule is COC(=O)c1occc1CNc1c(Cl)cc(Br)cc1Cl. The Bertz CT molecular complexity index is 619. The molecule has 0 aliphatic carbocycles. The summed E-state index contributed by atoms with van der Waals surface area (Å²) in [6, 6.07) is 5.14. The molecule has 0 radical (unpaired) electrons. The maximum atomic E-state index is 11.5. The number of methoxy groups -OCH3 is 1. The highest BCUT2D eigenvalue weighted by molar-refractivity contribution is 9.10. The minimum Gasteiger partial charge on any atom is -0.463 e. The number of nitrogens with one attached hydrogen (secondary N) is 1. The van der Waals surface area contributed by atoms with Crippen molar-refractivity contribution in [3.63, 3.8) is 0 Å². The lowest BCUT2D eigenvalue weighted by Gasteiger charge is -2.10. The number of furan rings is 1. The van der Waals surface area contributed by atoms with E-state index in [2.05, 4.69) is 26.0 Å². The van der Waals surface area contributed by atoms with E-state index in [9.17, 15) is 4.79 Å². The number of hydrogen-bond donors (Lipinski definition) is 1. The smallest absolute Gasteiger partial charge is 0.374 e. The fourth-order valence-electron chi connectivity index (χ4n) is 1.64. The van der Waals surface area contributed by atoms with Gasteiger partial charge in [0.15, 0.2) is 0 Å². The van der Waals surface area contributed by atoms with Crippen LogP contribution in [-0.4, -0.2) is 13.1 Å². The normalized spacial score (nSPS) is 10.4. The Morgan fingerprint density at radius 3 is 2.65 bits per heavy atom. The van der Waals surface area contributed by atoms with Gasteiger partial charge in [0.05, 0.1) is 29.1 Å².